The van der Waals surface area contributed by atoms with E-state index in [-0.39, 0.29) is 0 Å². The highest BCUT2D eigenvalue weighted by Gasteiger charge is 2.19. The van der Waals surface area contributed by atoms with Gasteiger partial charge in [0.1, 0.15) is 0 Å². The molecule has 0 atom stereocenters. The highest BCUT2D eigenvalue weighted by molar-refractivity contribution is 7.26. The second kappa shape index (κ2) is 9.24. The van der Waals surface area contributed by atoms with Crippen molar-refractivity contribution in [2.24, 2.45) is 0 Å². The highest BCUT2D eigenvalue weighted by Crippen LogP contribution is 2.47. The van der Waals surface area contributed by atoms with Crippen LogP contribution in [0, 0.1) is 0 Å². The molecule has 10 aromatic rings. The zero-order chi connectivity index (χ0) is 28.8. The van der Waals surface area contributed by atoms with Crippen LogP contribution in [-0.4, -0.2) is 0 Å². The lowest BCUT2D eigenvalue weighted by atomic mass is 9.86. The Balaban J connectivity index is 1.37. The molecule has 0 aliphatic carbocycles. The van der Waals surface area contributed by atoms with Crippen LogP contribution < -0.4 is 0 Å². The van der Waals surface area contributed by atoms with Crippen LogP contribution in [0.2, 0.25) is 0 Å². The summed E-state index contributed by atoms with van der Waals surface area (Å²) in [5.74, 6) is 0. The zero-order valence-corrected chi connectivity index (χ0v) is 25.3. The van der Waals surface area contributed by atoms with Crippen molar-refractivity contribution in [2.75, 3.05) is 0 Å². The van der Waals surface area contributed by atoms with Gasteiger partial charge in [-0.15, -0.1) is 22.7 Å². The molecule has 0 fully saturated rings. The van der Waals surface area contributed by atoms with E-state index < -0.39 is 0 Å². The minimum absolute atomic E-state index is 1.28. The molecule has 10 rings (SSSR count). The van der Waals surface area contributed by atoms with Gasteiger partial charge in [-0.1, -0.05) is 109 Å². The van der Waals surface area contributed by atoms with E-state index in [1.807, 2.05) is 22.7 Å². The molecule has 2 aromatic heterocycles. The summed E-state index contributed by atoms with van der Waals surface area (Å²) in [5.41, 5.74) is 5.20. The maximum atomic E-state index is 2.46. The van der Waals surface area contributed by atoms with Crippen molar-refractivity contribution in [3.63, 3.8) is 0 Å². The third-order valence-electron chi connectivity index (χ3n) is 9.25. The zero-order valence-electron chi connectivity index (χ0n) is 23.7. The summed E-state index contributed by atoms with van der Waals surface area (Å²) in [6, 6.07) is 54.2. The summed E-state index contributed by atoms with van der Waals surface area (Å²) in [5, 5.41) is 13.2. The van der Waals surface area contributed by atoms with E-state index in [9.17, 15) is 0 Å². The Hall–Kier alpha value is -5.02. The molecule has 204 valence electrons. The van der Waals surface area contributed by atoms with Gasteiger partial charge >= 0.3 is 0 Å². The average molecular weight is 593 g/mol. The maximum Gasteiger partial charge on any atom is 0.0361 e. The van der Waals surface area contributed by atoms with Crippen molar-refractivity contribution in [3.8, 4) is 22.3 Å². The summed E-state index contributed by atoms with van der Waals surface area (Å²) in [7, 11) is 0. The first-order valence-electron chi connectivity index (χ1n) is 15.0. The fourth-order valence-electron chi connectivity index (χ4n) is 7.42. The van der Waals surface area contributed by atoms with Crippen molar-refractivity contribution < 1.29 is 0 Å². The van der Waals surface area contributed by atoms with Gasteiger partial charge in [-0.2, -0.15) is 0 Å². The summed E-state index contributed by atoms with van der Waals surface area (Å²) >= 11 is 3.77. The normalized spacial score (nSPS) is 12.1. The fourth-order valence-corrected chi connectivity index (χ4v) is 9.69. The smallest absolute Gasteiger partial charge is 0.0361 e. The van der Waals surface area contributed by atoms with Gasteiger partial charge in [0.15, 0.2) is 0 Å². The molecule has 0 aliphatic heterocycles. The molecule has 2 heteroatoms. The van der Waals surface area contributed by atoms with Crippen LogP contribution in [0.3, 0.4) is 0 Å². The van der Waals surface area contributed by atoms with Gasteiger partial charge in [0.25, 0.3) is 0 Å². The Kier molecular flexibility index (Phi) is 5.13. The molecular formula is C42H24S2. The molecule has 0 bridgehead atoms. The Morgan fingerprint density at radius 1 is 0.273 bits per heavy atom. The van der Waals surface area contributed by atoms with Crippen LogP contribution in [0.15, 0.2) is 146 Å². The Morgan fingerprint density at radius 3 is 1.14 bits per heavy atom. The first kappa shape index (κ1) is 24.4. The van der Waals surface area contributed by atoms with Gasteiger partial charge in [0.2, 0.25) is 0 Å². The van der Waals surface area contributed by atoms with Crippen molar-refractivity contribution in [1.29, 1.82) is 0 Å². The first-order chi connectivity index (χ1) is 21.8. The monoisotopic (exact) mass is 592 g/mol. The minimum Gasteiger partial charge on any atom is -0.135 e. The van der Waals surface area contributed by atoms with E-state index in [0.29, 0.717) is 0 Å². The van der Waals surface area contributed by atoms with E-state index in [2.05, 4.69) is 146 Å². The van der Waals surface area contributed by atoms with Crippen molar-refractivity contribution in [1.82, 2.24) is 0 Å². The predicted molar refractivity (Wildman–Crippen MR) is 196 cm³/mol. The number of thiophene rings is 2. The van der Waals surface area contributed by atoms with Crippen molar-refractivity contribution in [2.45, 2.75) is 0 Å². The lowest BCUT2D eigenvalue weighted by Gasteiger charge is -2.17. The molecular weight excluding hydrogens is 569 g/mol. The second-order valence-electron chi connectivity index (χ2n) is 11.6. The minimum atomic E-state index is 1.28. The molecule has 0 unspecified atom stereocenters. The summed E-state index contributed by atoms with van der Waals surface area (Å²) in [6.45, 7) is 0. The molecule has 8 aromatic carbocycles. The van der Waals surface area contributed by atoms with E-state index >= 15 is 0 Å². The lowest BCUT2D eigenvalue weighted by molar-refractivity contribution is 1.72. The van der Waals surface area contributed by atoms with Gasteiger partial charge < -0.3 is 0 Å². The molecule has 0 saturated heterocycles. The number of hydrogen-bond donors (Lipinski definition) is 0. The molecule has 0 saturated carbocycles. The molecule has 0 aliphatic rings. The standard InChI is InChI=1S/C42H24S2/c1-3-13-28-26(11-1)34(30-17-9-21-38-41(30)32-15-5-7-19-36(32)43-38)23-25-24-35(27-12-2-4-14-29(27)40(25)28)31-18-10-22-39-42(31)33-16-6-8-20-37(33)44-39/h1-24H. The van der Waals surface area contributed by atoms with Gasteiger partial charge in [-0.05, 0) is 91.0 Å². The van der Waals surface area contributed by atoms with Crippen LogP contribution >= 0.6 is 22.7 Å². The van der Waals surface area contributed by atoms with E-state index in [0.717, 1.165) is 0 Å². The topological polar surface area (TPSA) is 0 Å². The fraction of sp³-hybridized carbons (Fsp3) is 0. The number of fused-ring (bicyclic) bond motifs is 11. The van der Waals surface area contributed by atoms with Crippen LogP contribution in [0.4, 0.5) is 0 Å². The summed E-state index contributed by atoms with van der Waals surface area (Å²) in [6.07, 6.45) is 0. The average Bonchev–Trinajstić information content (AvgIpc) is 3.66. The van der Waals surface area contributed by atoms with Crippen LogP contribution in [-0.2, 0) is 0 Å². The maximum absolute atomic E-state index is 2.46. The third-order valence-corrected chi connectivity index (χ3v) is 11.5. The van der Waals surface area contributed by atoms with Crippen molar-refractivity contribution >= 4 is 95.3 Å². The van der Waals surface area contributed by atoms with E-state index in [4.69, 9.17) is 0 Å². The number of benzene rings is 8. The molecule has 2 heterocycles. The highest BCUT2D eigenvalue weighted by atomic mass is 32.1. The summed E-state index contributed by atoms with van der Waals surface area (Å²) < 4.78 is 5.35. The first-order valence-corrected chi connectivity index (χ1v) is 16.7. The summed E-state index contributed by atoms with van der Waals surface area (Å²) in [4.78, 5) is 0. The Morgan fingerprint density at radius 2 is 0.659 bits per heavy atom. The Labute approximate surface area is 262 Å². The molecule has 0 nitrogen and oxygen atoms in total. The van der Waals surface area contributed by atoms with Gasteiger partial charge in [-0.3, -0.25) is 0 Å². The van der Waals surface area contributed by atoms with E-state index in [1.165, 1.54) is 94.9 Å². The van der Waals surface area contributed by atoms with Gasteiger partial charge in [-0.25, -0.2) is 0 Å². The quantitative estimate of drug-likeness (QED) is 0.175. The SMILES string of the molecule is c1ccc2c(c1)sc1cccc(-c3cc4cc(-c5cccc6sc7ccccc7c56)c5ccccc5c4c4ccccc34)c12. The molecule has 0 spiro atoms. The molecule has 0 radical (unpaired) electrons. The second-order valence-corrected chi connectivity index (χ2v) is 13.8. The number of hydrogen-bond acceptors (Lipinski definition) is 2. The van der Waals surface area contributed by atoms with Crippen LogP contribution in [0.1, 0.15) is 0 Å². The molecule has 0 amide bonds. The van der Waals surface area contributed by atoms with Gasteiger partial charge in [0, 0.05) is 40.3 Å². The predicted octanol–water partition coefficient (Wildman–Crippen LogP) is 13.2. The van der Waals surface area contributed by atoms with Gasteiger partial charge in [0.05, 0.1) is 0 Å². The van der Waals surface area contributed by atoms with Crippen LogP contribution in [0.25, 0.3) is 94.9 Å². The third kappa shape index (κ3) is 3.38. The lowest BCUT2D eigenvalue weighted by Crippen LogP contribution is -1.90. The van der Waals surface area contributed by atoms with Crippen LogP contribution in [0.5, 0.6) is 0 Å². The molecule has 44 heavy (non-hydrogen) atoms. The Bertz CT molecular complexity index is 2590. The van der Waals surface area contributed by atoms with Crippen molar-refractivity contribution in [3.05, 3.63) is 146 Å². The largest absolute Gasteiger partial charge is 0.135 e. The number of rotatable bonds is 2. The van der Waals surface area contributed by atoms with E-state index in [1.54, 1.807) is 0 Å². The molecule has 0 N–H and O–H groups in total.